The number of methoxy groups -OCH3 is 1. The van der Waals surface area contributed by atoms with Gasteiger partial charge < -0.3 is 4.74 Å². The molecule has 0 fully saturated rings. The second-order valence-electron chi connectivity index (χ2n) is 1.97. The molecule has 0 atom stereocenters. The van der Waals surface area contributed by atoms with Crippen molar-refractivity contribution < 1.29 is 4.74 Å². The molecule has 0 aliphatic rings. The summed E-state index contributed by atoms with van der Waals surface area (Å²) < 4.78 is 4.78. The van der Waals surface area contributed by atoms with Gasteiger partial charge in [-0.25, -0.2) is 5.10 Å². The number of aromatic amines is 1. The summed E-state index contributed by atoms with van der Waals surface area (Å²) in [5.41, 5.74) is 0.226. The largest absolute Gasteiger partial charge is 0.378 e. The van der Waals surface area contributed by atoms with Gasteiger partial charge in [0.05, 0.1) is 12.3 Å². The molecule has 0 bridgehead atoms. The second-order valence-corrected chi connectivity index (χ2v) is 2.38. The molecule has 5 heteroatoms. The van der Waals surface area contributed by atoms with E-state index in [4.69, 9.17) is 16.3 Å². The molecule has 0 aliphatic heterocycles. The highest BCUT2D eigenvalue weighted by Gasteiger charge is 1.98. The van der Waals surface area contributed by atoms with E-state index in [0.29, 0.717) is 12.3 Å². The van der Waals surface area contributed by atoms with Gasteiger partial charge in [-0.15, -0.1) is 0 Å². The lowest BCUT2D eigenvalue weighted by molar-refractivity contribution is 0.180. The van der Waals surface area contributed by atoms with Crippen molar-refractivity contribution in [2.75, 3.05) is 7.11 Å². The fourth-order valence-corrected chi connectivity index (χ4v) is 0.810. The minimum absolute atomic E-state index is 0.132. The summed E-state index contributed by atoms with van der Waals surface area (Å²) in [4.78, 5) is 10.7. The van der Waals surface area contributed by atoms with Crippen LogP contribution in [0.4, 0.5) is 0 Å². The summed E-state index contributed by atoms with van der Waals surface area (Å²) in [7, 11) is 1.54. The zero-order valence-electron chi connectivity index (χ0n) is 5.93. The lowest BCUT2D eigenvalue weighted by atomic mass is 10.4. The van der Waals surface area contributed by atoms with Gasteiger partial charge in [-0.1, -0.05) is 11.6 Å². The first kappa shape index (κ1) is 8.23. The predicted octanol–water partition coefficient (Wildman–Crippen LogP) is 0.570. The first-order valence-corrected chi connectivity index (χ1v) is 3.35. The Labute approximate surface area is 68.1 Å². The Kier molecular flexibility index (Phi) is 2.62. The van der Waals surface area contributed by atoms with Gasteiger partial charge in [0.15, 0.2) is 0 Å². The molecule has 1 aromatic heterocycles. The van der Waals surface area contributed by atoms with E-state index >= 15 is 0 Å². The maximum absolute atomic E-state index is 10.7. The Morgan fingerprint density at radius 2 is 2.55 bits per heavy atom. The Morgan fingerprint density at radius 3 is 3.09 bits per heavy atom. The lowest BCUT2D eigenvalue weighted by Crippen LogP contribution is -2.10. The quantitative estimate of drug-likeness (QED) is 0.713. The van der Waals surface area contributed by atoms with E-state index in [9.17, 15) is 4.79 Å². The summed E-state index contributed by atoms with van der Waals surface area (Å²) in [5, 5.41) is 6.05. The SMILES string of the molecule is COCc1cc(Cl)c(=O)[nH]n1. The number of nitrogens with one attached hydrogen (secondary N) is 1. The van der Waals surface area contributed by atoms with Gasteiger partial charge in [0, 0.05) is 7.11 Å². The molecule has 0 unspecified atom stereocenters. The number of ether oxygens (including phenoxy) is 1. The molecule has 0 aromatic carbocycles. The average Bonchev–Trinajstić information content (AvgIpc) is 1.98. The van der Waals surface area contributed by atoms with Crippen LogP contribution in [0.1, 0.15) is 5.69 Å². The van der Waals surface area contributed by atoms with E-state index in [1.165, 1.54) is 6.07 Å². The highest BCUT2D eigenvalue weighted by molar-refractivity contribution is 6.30. The van der Waals surface area contributed by atoms with E-state index in [-0.39, 0.29) is 10.6 Å². The van der Waals surface area contributed by atoms with Gasteiger partial charge in [-0.05, 0) is 6.07 Å². The first-order valence-electron chi connectivity index (χ1n) is 2.97. The monoisotopic (exact) mass is 174 g/mol. The molecular weight excluding hydrogens is 168 g/mol. The van der Waals surface area contributed by atoms with Gasteiger partial charge in [-0.2, -0.15) is 5.10 Å². The van der Waals surface area contributed by atoms with Gasteiger partial charge in [0.1, 0.15) is 5.02 Å². The van der Waals surface area contributed by atoms with E-state index in [0.717, 1.165) is 0 Å². The maximum atomic E-state index is 10.7. The molecule has 0 saturated heterocycles. The average molecular weight is 175 g/mol. The van der Waals surface area contributed by atoms with E-state index in [1.54, 1.807) is 7.11 Å². The number of rotatable bonds is 2. The van der Waals surface area contributed by atoms with Crippen molar-refractivity contribution in [2.45, 2.75) is 6.61 Å². The fourth-order valence-electron chi connectivity index (χ4n) is 0.642. The number of hydrogen-bond acceptors (Lipinski definition) is 3. The topological polar surface area (TPSA) is 55.0 Å². The van der Waals surface area contributed by atoms with E-state index in [2.05, 4.69) is 10.2 Å². The minimum atomic E-state index is -0.383. The van der Waals surface area contributed by atoms with Crippen molar-refractivity contribution in [3.05, 3.63) is 27.1 Å². The molecule has 0 saturated carbocycles. The van der Waals surface area contributed by atoms with Crippen LogP contribution in [0.2, 0.25) is 5.02 Å². The number of aromatic nitrogens is 2. The standard InChI is InChI=1S/C6H7ClN2O2/c1-11-3-4-2-5(7)6(10)9-8-4/h2H,3H2,1H3,(H,9,10). The molecule has 0 aliphatic carbocycles. The zero-order chi connectivity index (χ0) is 8.27. The van der Waals surface area contributed by atoms with Crippen molar-refractivity contribution in [3.8, 4) is 0 Å². The molecule has 1 aromatic rings. The smallest absolute Gasteiger partial charge is 0.282 e. The van der Waals surface area contributed by atoms with E-state index < -0.39 is 0 Å². The first-order chi connectivity index (χ1) is 5.24. The molecule has 0 spiro atoms. The van der Waals surface area contributed by atoms with Crippen molar-refractivity contribution >= 4 is 11.6 Å². The fraction of sp³-hybridized carbons (Fsp3) is 0.333. The molecule has 1 N–H and O–H groups in total. The van der Waals surface area contributed by atoms with Gasteiger partial charge in [0.25, 0.3) is 5.56 Å². The van der Waals surface area contributed by atoms with Crippen molar-refractivity contribution in [3.63, 3.8) is 0 Å². The second kappa shape index (κ2) is 3.50. The third-order valence-corrected chi connectivity index (χ3v) is 1.38. The Balaban J connectivity index is 2.96. The Hall–Kier alpha value is -0.870. The van der Waals surface area contributed by atoms with Gasteiger partial charge in [0.2, 0.25) is 0 Å². The van der Waals surface area contributed by atoms with Crippen LogP contribution >= 0.6 is 11.6 Å². The van der Waals surface area contributed by atoms with Crippen molar-refractivity contribution in [2.24, 2.45) is 0 Å². The number of H-pyrrole nitrogens is 1. The third kappa shape index (κ3) is 2.03. The predicted molar refractivity (Wildman–Crippen MR) is 40.6 cm³/mol. The minimum Gasteiger partial charge on any atom is -0.378 e. The third-order valence-electron chi connectivity index (χ3n) is 1.10. The highest BCUT2D eigenvalue weighted by Crippen LogP contribution is 2.01. The summed E-state index contributed by atoms with van der Waals surface area (Å²) >= 11 is 5.51. The summed E-state index contributed by atoms with van der Waals surface area (Å²) in [5.74, 6) is 0. The highest BCUT2D eigenvalue weighted by atomic mass is 35.5. The molecule has 4 nitrogen and oxygen atoms in total. The van der Waals surface area contributed by atoms with Gasteiger partial charge >= 0.3 is 0 Å². The van der Waals surface area contributed by atoms with Crippen LogP contribution in [0, 0.1) is 0 Å². The summed E-state index contributed by atoms with van der Waals surface area (Å²) in [6.07, 6.45) is 0. The van der Waals surface area contributed by atoms with Crippen LogP contribution in [0.3, 0.4) is 0 Å². The number of nitrogens with zero attached hydrogens (tertiary/aromatic N) is 1. The molecule has 11 heavy (non-hydrogen) atoms. The van der Waals surface area contributed by atoms with Crippen molar-refractivity contribution in [1.82, 2.24) is 10.2 Å². The molecule has 60 valence electrons. The Bertz CT molecular complexity index is 297. The molecule has 0 radical (unpaired) electrons. The summed E-state index contributed by atoms with van der Waals surface area (Å²) in [6, 6.07) is 1.48. The molecule has 1 rings (SSSR count). The van der Waals surface area contributed by atoms with Crippen LogP contribution in [0.25, 0.3) is 0 Å². The van der Waals surface area contributed by atoms with Crippen LogP contribution < -0.4 is 5.56 Å². The van der Waals surface area contributed by atoms with E-state index in [1.807, 2.05) is 0 Å². The normalized spacial score (nSPS) is 10.0. The number of halogens is 1. The van der Waals surface area contributed by atoms with Gasteiger partial charge in [-0.3, -0.25) is 4.79 Å². The molecule has 0 amide bonds. The van der Waals surface area contributed by atoms with Crippen LogP contribution in [0.15, 0.2) is 10.9 Å². The Morgan fingerprint density at radius 1 is 1.82 bits per heavy atom. The molecule has 1 heterocycles. The zero-order valence-corrected chi connectivity index (χ0v) is 6.68. The molecular formula is C6H7ClN2O2. The van der Waals surface area contributed by atoms with Crippen LogP contribution in [0.5, 0.6) is 0 Å². The van der Waals surface area contributed by atoms with Crippen LogP contribution in [-0.2, 0) is 11.3 Å². The lowest BCUT2D eigenvalue weighted by Gasteiger charge is -1.96. The van der Waals surface area contributed by atoms with Crippen molar-refractivity contribution in [1.29, 1.82) is 0 Å². The number of hydrogen-bond donors (Lipinski definition) is 1. The van der Waals surface area contributed by atoms with Crippen LogP contribution in [-0.4, -0.2) is 17.3 Å². The maximum Gasteiger partial charge on any atom is 0.282 e. The summed E-state index contributed by atoms with van der Waals surface area (Å²) in [6.45, 7) is 0.344.